The van der Waals surface area contributed by atoms with E-state index < -0.39 is 0 Å². The average molecular weight is 211 g/mol. The van der Waals surface area contributed by atoms with Crippen molar-refractivity contribution in [2.75, 3.05) is 0 Å². The average Bonchev–Trinajstić information content (AvgIpc) is 2.72. The van der Waals surface area contributed by atoms with Gasteiger partial charge in [0.05, 0.1) is 9.96 Å². The van der Waals surface area contributed by atoms with E-state index in [1.165, 1.54) is 4.21 Å². The number of nitrogens with zero attached hydrogens (tertiary/aromatic N) is 3. The maximum atomic E-state index is 4.15. The molecule has 5 heteroatoms. The third-order valence-electron chi connectivity index (χ3n) is 1.64. The molecule has 0 saturated heterocycles. The van der Waals surface area contributed by atoms with Gasteiger partial charge in [0.1, 0.15) is 12.2 Å². The van der Waals surface area contributed by atoms with Crippen molar-refractivity contribution in [1.82, 2.24) is 14.8 Å². The molecule has 0 atom stereocenters. The van der Waals surface area contributed by atoms with Crippen molar-refractivity contribution in [3.05, 3.63) is 29.7 Å². The summed E-state index contributed by atoms with van der Waals surface area (Å²) in [6.07, 6.45) is 1.59. The highest BCUT2D eigenvalue weighted by Crippen LogP contribution is 2.25. The first-order valence-corrected chi connectivity index (χ1v) is 5.72. The lowest BCUT2D eigenvalue weighted by molar-refractivity contribution is 0.730. The van der Waals surface area contributed by atoms with E-state index in [1.807, 2.05) is 7.05 Å². The first kappa shape index (κ1) is 8.77. The normalized spacial score (nSPS) is 10.5. The minimum atomic E-state index is 0.886. The molecule has 0 amide bonds. The molecule has 0 spiro atoms. The van der Waals surface area contributed by atoms with Crippen LogP contribution in [0.1, 0.15) is 5.82 Å². The number of thiophene rings is 1. The van der Waals surface area contributed by atoms with E-state index in [1.54, 1.807) is 34.1 Å². The summed E-state index contributed by atoms with van der Waals surface area (Å²) in [5.74, 6) is 1.90. The lowest BCUT2D eigenvalue weighted by Gasteiger charge is -1.97. The molecule has 0 aliphatic rings. The second kappa shape index (κ2) is 3.93. The molecule has 0 radical (unpaired) electrons. The number of aryl methyl sites for hydroxylation is 1. The van der Waals surface area contributed by atoms with E-state index in [0.717, 1.165) is 11.6 Å². The van der Waals surface area contributed by atoms with Gasteiger partial charge in [0.2, 0.25) is 0 Å². The summed E-state index contributed by atoms with van der Waals surface area (Å²) in [4.78, 5) is 4.15. The van der Waals surface area contributed by atoms with Crippen molar-refractivity contribution < 1.29 is 0 Å². The second-order valence-electron chi connectivity index (χ2n) is 2.52. The van der Waals surface area contributed by atoms with Crippen LogP contribution in [0.5, 0.6) is 0 Å². The topological polar surface area (TPSA) is 30.7 Å². The van der Waals surface area contributed by atoms with Crippen molar-refractivity contribution in [2.24, 2.45) is 7.05 Å². The molecule has 0 saturated carbocycles. The fourth-order valence-electron chi connectivity index (χ4n) is 0.932. The van der Waals surface area contributed by atoms with Crippen LogP contribution >= 0.6 is 23.1 Å². The number of hydrogen-bond acceptors (Lipinski definition) is 4. The predicted molar refractivity (Wildman–Crippen MR) is 54.9 cm³/mol. The van der Waals surface area contributed by atoms with Crippen molar-refractivity contribution >= 4 is 23.1 Å². The number of hydrogen-bond donors (Lipinski definition) is 0. The summed E-state index contributed by atoms with van der Waals surface area (Å²) in [5.41, 5.74) is 0. The summed E-state index contributed by atoms with van der Waals surface area (Å²) >= 11 is 3.55. The maximum Gasteiger partial charge on any atom is 0.138 e. The molecule has 68 valence electrons. The zero-order valence-electron chi connectivity index (χ0n) is 7.17. The zero-order valence-corrected chi connectivity index (χ0v) is 8.81. The fraction of sp³-hybridized carbons (Fsp3) is 0.250. The maximum absolute atomic E-state index is 4.15. The number of rotatable bonds is 3. The van der Waals surface area contributed by atoms with Crippen LogP contribution in [0.3, 0.4) is 0 Å². The second-order valence-corrected chi connectivity index (χ2v) is 4.74. The van der Waals surface area contributed by atoms with Gasteiger partial charge in [-0.2, -0.15) is 5.10 Å². The molecule has 0 aliphatic carbocycles. The number of thioether (sulfide) groups is 1. The first-order chi connectivity index (χ1) is 6.36. The summed E-state index contributed by atoms with van der Waals surface area (Å²) in [5, 5.41) is 6.09. The minimum absolute atomic E-state index is 0.886. The van der Waals surface area contributed by atoms with Crippen LogP contribution in [0.2, 0.25) is 0 Å². The molecule has 0 aromatic carbocycles. The Bertz CT molecular complexity index is 366. The first-order valence-electron chi connectivity index (χ1n) is 3.85. The smallest absolute Gasteiger partial charge is 0.138 e. The molecule has 0 unspecified atom stereocenters. The Labute approximate surface area is 84.8 Å². The largest absolute Gasteiger partial charge is 0.252 e. The molecular weight excluding hydrogens is 202 g/mol. The highest BCUT2D eigenvalue weighted by Gasteiger charge is 2.01. The molecule has 13 heavy (non-hydrogen) atoms. The lowest BCUT2D eigenvalue weighted by atomic mass is 10.7. The molecule has 2 rings (SSSR count). The van der Waals surface area contributed by atoms with Gasteiger partial charge in [-0.25, -0.2) is 4.98 Å². The van der Waals surface area contributed by atoms with Crippen molar-refractivity contribution in [3.8, 4) is 0 Å². The summed E-state index contributed by atoms with van der Waals surface area (Å²) in [6, 6.07) is 4.18. The standard InChI is InChI=1S/C8H9N3S2/c1-11-7(9-6-10-11)5-13-8-3-2-4-12-8/h2-4,6H,5H2,1H3. The van der Waals surface area contributed by atoms with Crippen molar-refractivity contribution in [1.29, 1.82) is 0 Å². The molecule has 2 aromatic heterocycles. The zero-order chi connectivity index (χ0) is 9.10. The van der Waals surface area contributed by atoms with Crippen LogP contribution in [-0.2, 0) is 12.8 Å². The molecular formula is C8H9N3S2. The molecule has 3 nitrogen and oxygen atoms in total. The third kappa shape index (κ3) is 2.10. The number of aromatic nitrogens is 3. The lowest BCUT2D eigenvalue weighted by Crippen LogP contribution is -1.96. The van der Waals surface area contributed by atoms with Gasteiger partial charge in [-0.1, -0.05) is 6.07 Å². The Morgan fingerprint density at radius 1 is 1.62 bits per heavy atom. The molecule has 0 bridgehead atoms. The van der Waals surface area contributed by atoms with Gasteiger partial charge in [0, 0.05) is 7.05 Å². The van der Waals surface area contributed by atoms with Crippen LogP contribution in [0, 0.1) is 0 Å². The van der Waals surface area contributed by atoms with Crippen LogP contribution in [0.15, 0.2) is 28.0 Å². The van der Waals surface area contributed by atoms with Crippen LogP contribution < -0.4 is 0 Å². The van der Waals surface area contributed by atoms with Crippen LogP contribution in [0.25, 0.3) is 0 Å². The Morgan fingerprint density at radius 3 is 3.15 bits per heavy atom. The molecule has 2 aromatic rings. The highest BCUT2D eigenvalue weighted by molar-refractivity contribution is 8.00. The Balaban J connectivity index is 1.97. The van der Waals surface area contributed by atoms with Gasteiger partial charge in [-0.3, -0.25) is 4.68 Å². The highest BCUT2D eigenvalue weighted by atomic mass is 32.2. The van der Waals surface area contributed by atoms with Gasteiger partial charge in [0.15, 0.2) is 0 Å². The minimum Gasteiger partial charge on any atom is -0.252 e. The van der Waals surface area contributed by atoms with E-state index in [2.05, 4.69) is 27.6 Å². The van der Waals surface area contributed by atoms with Crippen LogP contribution in [0.4, 0.5) is 0 Å². The molecule has 0 N–H and O–H groups in total. The molecule has 0 aliphatic heterocycles. The SMILES string of the molecule is Cn1ncnc1CSc1cccs1. The van der Waals surface area contributed by atoms with Crippen molar-refractivity contribution in [2.45, 2.75) is 9.96 Å². The third-order valence-corrected chi connectivity index (χ3v) is 3.77. The van der Waals surface area contributed by atoms with E-state index >= 15 is 0 Å². The Morgan fingerprint density at radius 2 is 2.54 bits per heavy atom. The van der Waals surface area contributed by atoms with Crippen molar-refractivity contribution in [3.63, 3.8) is 0 Å². The van der Waals surface area contributed by atoms with Crippen LogP contribution in [-0.4, -0.2) is 14.8 Å². The van der Waals surface area contributed by atoms with Gasteiger partial charge in [-0.05, 0) is 11.4 Å². The molecule has 0 fully saturated rings. The predicted octanol–water partition coefficient (Wildman–Crippen LogP) is 2.17. The monoisotopic (exact) mass is 211 g/mol. The summed E-state index contributed by atoms with van der Waals surface area (Å²) < 4.78 is 3.13. The van der Waals surface area contributed by atoms with Gasteiger partial charge >= 0.3 is 0 Å². The molecule has 2 heterocycles. The van der Waals surface area contributed by atoms with Gasteiger partial charge in [-0.15, -0.1) is 23.1 Å². The van der Waals surface area contributed by atoms with Gasteiger partial charge in [0.25, 0.3) is 0 Å². The van der Waals surface area contributed by atoms with E-state index in [4.69, 9.17) is 0 Å². The van der Waals surface area contributed by atoms with E-state index in [9.17, 15) is 0 Å². The van der Waals surface area contributed by atoms with E-state index in [0.29, 0.717) is 0 Å². The van der Waals surface area contributed by atoms with E-state index in [-0.39, 0.29) is 0 Å². The Hall–Kier alpha value is -0.810. The quantitative estimate of drug-likeness (QED) is 0.729. The van der Waals surface area contributed by atoms with Gasteiger partial charge < -0.3 is 0 Å². The fourth-order valence-corrected chi connectivity index (χ4v) is 2.70. The summed E-state index contributed by atoms with van der Waals surface area (Å²) in [7, 11) is 1.91. The Kier molecular flexibility index (Phi) is 2.65. The summed E-state index contributed by atoms with van der Waals surface area (Å²) in [6.45, 7) is 0.